The molecule has 0 fully saturated rings. The SMILES string of the molecule is O=C(Cl)COC1Cc2ccccc2C1. The van der Waals surface area contributed by atoms with Gasteiger partial charge >= 0.3 is 0 Å². The number of hydrogen-bond donors (Lipinski definition) is 0. The highest BCUT2D eigenvalue weighted by atomic mass is 35.5. The zero-order valence-corrected chi connectivity index (χ0v) is 8.46. The molecule has 2 nitrogen and oxygen atoms in total. The lowest BCUT2D eigenvalue weighted by Crippen LogP contribution is -2.16. The molecule has 0 atom stereocenters. The minimum atomic E-state index is -0.430. The van der Waals surface area contributed by atoms with Crippen molar-refractivity contribution in [1.29, 1.82) is 0 Å². The third kappa shape index (κ3) is 2.14. The van der Waals surface area contributed by atoms with E-state index in [1.54, 1.807) is 0 Å². The Labute approximate surface area is 87.8 Å². The molecule has 74 valence electrons. The molecule has 0 radical (unpaired) electrons. The van der Waals surface area contributed by atoms with Crippen LogP contribution in [0.5, 0.6) is 0 Å². The molecule has 1 aliphatic rings. The number of carbonyl (C=O) groups is 1. The molecule has 0 saturated heterocycles. The van der Waals surface area contributed by atoms with Gasteiger partial charge in [0.2, 0.25) is 5.24 Å². The zero-order valence-electron chi connectivity index (χ0n) is 7.70. The van der Waals surface area contributed by atoms with Gasteiger partial charge in [-0.05, 0) is 35.6 Å². The average molecular weight is 211 g/mol. The standard InChI is InChI=1S/C11H11ClO2/c12-11(13)7-14-10-5-8-3-1-2-4-9(8)6-10/h1-4,10H,5-7H2. The summed E-state index contributed by atoms with van der Waals surface area (Å²) < 4.78 is 5.37. The highest BCUT2D eigenvalue weighted by Crippen LogP contribution is 2.23. The third-order valence-corrected chi connectivity index (χ3v) is 2.56. The summed E-state index contributed by atoms with van der Waals surface area (Å²) >= 11 is 5.20. The molecule has 0 spiro atoms. The highest BCUT2D eigenvalue weighted by Gasteiger charge is 2.21. The maximum absolute atomic E-state index is 10.5. The molecule has 0 unspecified atom stereocenters. The lowest BCUT2D eigenvalue weighted by molar-refractivity contribution is -0.117. The number of carbonyl (C=O) groups excluding carboxylic acids is 1. The van der Waals surface area contributed by atoms with Crippen LogP contribution >= 0.6 is 11.6 Å². The Bertz CT molecular complexity index is 324. The minimum Gasteiger partial charge on any atom is -0.368 e. The fourth-order valence-corrected chi connectivity index (χ4v) is 1.88. The van der Waals surface area contributed by atoms with E-state index in [9.17, 15) is 4.79 Å². The van der Waals surface area contributed by atoms with Crippen LogP contribution in [0.4, 0.5) is 0 Å². The fraction of sp³-hybridized carbons (Fsp3) is 0.364. The fourth-order valence-electron chi connectivity index (χ4n) is 1.82. The van der Waals surface area contributed by atoms with E-state index in [0.29, 0.717) is 0 Å². The van der Waals surface area contributed by atoms with Gasteiger partial charge in [-0.1, -0.05) is 24.3 Å². The molecule has 0 amide bonds. The van der Waals surface area contributed by atoms with E-state index in [4.69, 9.17) is 16.3 Å². The van der Waals surface area contributed by atoms with E-state index in [1.165, 1.54) is 11.1 Å². The van der Waals surface area contributed by atoms with Crippen LogP contribution in [0.1, 0.15) is 11.1 Å². The summed E-state index contributed by atoms with van der Waals surface area (Å²) in [6.07, 6.45) is 1.90. The van der Waals surface area contributed by atoms with Crippen molar-refractivity contribution in [2.75, 3.05) is 6.61 Å². The van der Waals surface area contributed by atoms with Crippen molar-refractivity contribution in [3.8, 4) is 0 Å². The lowest BCUT2D eigenvalue weighted by atomic mass is 10.1. The maximum atomic E-state index is 10.5. The Balaban J connectivity index is 1.95. The first-order valence-corrected chi connectivity index (χ1v) is 5.00. The second-order valence-corrected chi connectivity index (χ2v) is 3.89. The molecule has 0 aliphatic heterocycles. The van der Waals surface area contributed by atoms with E-state index < -0.39 is 5.24 Å². The summed E-state index contributed by atoms with van der Waals surface area (Å²) in [6, 6.07) is 8.24. The first-order valence-electron chi connectivity index (χ1n) is 4.62. The normalized spacial score (nSPS) is 15.5. The molecule has 1 aliphatic carbocycles. The molecular formula is C11H11ClO2. The first kappa shape index (κ1) is 9.69. The Morgan fingerprint density at radius 2 is 1.93 bits per heavy atom. The Kier molecular flexibility index (Phi) is 2.85. The summed E-state index contributed by atoms with van der Waals surface area (Å²) in [5, 5.41) is -0.430. The second kappa shape index (κ2) is 4.11. The molecule has 1 aromatic carbocycles. The van der Waals surface area contributed by atoms with Crippen LogP contribution in [0.2, 0.25) is 0 Å². The molecule has 3 heteroatoms. The van der Waals surface area contributed by atoms with Crippen molar-refractivity contribution in [1.82, 2.24) is 0 Å². The summed E-state index contributed by atoms with van der Waals surface area (Å²) in [5.41, 5.74) is 2.64. The molecule has 1 aromatic rings. The molecular weight excluding hydrogens is 200 g/mol. The predicted octanol–water partition coefficient (Wildman–Crippen LogP) is 1.94. The van der Waals surface area contributed by atoms with Crippen LogP contribution in [-0.4, -0.2) is 18.0 Å². The number of ether oxygens (including phenoxy) is 1. The average Bonchev–Trinajstić information content (AvgIpc) is 2.57. The van der Waals surface area contributed by atoms with Crippen molar-refractivity contribution < 1.29 is 9.53 Å². The van der Waals surface area contributed by atoms with Gasteiger partial charge in [-0.3, -0.25) is 4.79 Å². The number of hydrogen-bond acceptors (Lipinski definition) is 2. The molecule has 0 bridgehead atoms. The van der Waals surface area contributed by atoms with Crippen molar-refractivity contribution in [3.63, 3.8) is 0 Å². The molecule has 0 aromatic heterocycles. The topological polar surface area (TPSA) is 26.3 Å². The van der Waals surface area contributed by atoms with Gasteiger partial charge in [-0.15, -0.1) is 0 Å². The van der Waals surface area contributed by atoms with Crippen LogP contribution < -0.4 is 0 Å². The van der Waals surface area contributed by atoms with Gasteiger partial charge in [0.1, 0.15) is 6.61 Å². The van der Waals surface area contributed by atoms with E-state index in [2.05, 4.69) is 12.1 Å². The number of benzene rings is 1. The van der Waals surface area contributed by atoms with Crippen LogP contribution in [0, 0.1) is 0 Å². The summed E-state index contributed by atoms with van der Waals surface area (Å²) in [7, 11) is 0. The van der Waals surface area contributed by atoms with E-state index >= 15 is 0 Å². The molecule has 2 rings (SSSR count). The van der Waals surface area contributed by atoms with Crippen LogP contribution in [0.15, 0.2) is 24.3 Å². The molecule has 0 saturated carbocycles. The second-order valence-electron chi connectivity index (χ2n) is 3.47. The van der Waals surface area contributed by atoms with Gasteiger partial charge in [0, 0.05) is 0 Å². The zero-order chi connectivity index (χ0) is 9.97. The lowest BCUT2D eigenvalue weighted by Gasteiger charge is -2.07. The van der Waals surface area contributed by atoms with E-state index in [1.807, 2.05) is 12.1 Å². The van der Waals surface area contributed by atoms with E-state index in [-0.39, 0.29) is 12.7 Å². The van der Waals surface area contributed by atoms with Gasteiger partial charge in [0.05, 0.1) is 6.10 Å². The number of rotatable bonds is 3. The van der Waals surface area contributed by atoms with Crippen LogP contribution in [0.25, 0.3) is 0 Å². The Hall–Kier alpha value is -0.860. The van der Waals surface area contributed by atoms with Crippen LogP contribution in [-0.2, 0) is 22.4 Å². The van der Waals surface area contributed by atoms with Gasteiger partial charge in [0.25, 0.3) is 0 Å². The predicted molar refractivity (Wildman–Crippen MR) is 54.5 cm³/mol. The van der Waals surface area contributed by atoms with Gasteiger partial charge < -0.3 is 4.74 Å². The van der Waals surface area contributed by atoms with E-state index in [0.717, 1.165) is 12.8 Å². The summed E-state index contributed by atoms with van der Waals surface area (Å²) in [4.78, 5) is 10.5. The third-order valence-electron chi connectivity index (χ3n) is 2.45. The summed E-state index contributed by atoms with van der Waals surface area (Å²) in [6.45, 7) is 0.0141. The monoisotopic (exact) mass is 210 g/mol. The molecule has 0 heterocycles. The van der Waals surface area contributed by atoms with Crippen molar-refractivity contribution in [3.05, 3.63) is 35.4 Å². The van der Waals surface area contributed by atoms with Crippen LogP contribution in [0.3, 0.4) is 0 Å². The van der Waals surface area contributed by atoms with Crippen molar-refractivity contribution in [2.24, 2.45) is 0 Å². The number of fused-ring (bicyclic) bond motifs is 1. The maximum Gasteiger partial charge on any atom is 0.247 e. The Morgan fingerprint density at radius 3 is 2.43 bits per heavy atom. The first-order chi connectivity index (χ1) is 6.75. The van der Waals surface area contributed by atoms with Gasteiger partial charge in [0.15, 0.2) is 0 Å². The summed E-state index contributed by atoms with van der Waals surface area (Å²) in [5.74, 6) is 0. The minimum absolute atomic E-state index is 0.0141. The quantitative estimate of drug-likeness (QED) is 0.713. The highest BCUT2D eigenvalue weighted by molar-refractivity contribution is 6.63. The molecule has 0 N–H and O–H groups in total. The largest absolute Gasteiger partial charge is 0.368 e. The van der Waals surface area contributed by atoms with Gasteiger partial charge in [-0.2, -0.15) is 0 Å². The number of halogens is 1. The Morgan fingerprint density at radius 1 is 1.36 bits per heavy atom. The smallest absolute Gasteiger partial charge is 0.247 e. The van der Waals surface area contributed by atoms with Gasteiger partial charge in [-0.25, -0.2) is 0 Å². The molecule has 14 heavy (non-hydrogen) atoms. The van der Waals surface area contributed by atoms with Crippen molar-refractivity contribution in [2.45, 2.75) is 18.9 Å². The van der Waals surface area contributed by atoms with Crippen molar-refractivity contribution >= 4 is 16.8 Å².